The lowest BCUT2D eigenvalue weighted by Crippen LogP contribution is -2.47. The maximum atomic E-state index is 12.3. The van der Waals surface area contributed by atoms with E-state index in [1.54, 1.807) is 0 Å². The molecule has 1 aliphatic rings. The number of hydrogen-bond acceptors (Lipinski definition) is 3. The minimum Gasteiger partial charge on any atom is -0.379 e. The third kappa shape index (κ3) is 2.26. The zero-order valence-corrected chi connectivity index (χ0v) is 11.1. The lowest BCUT2D eigenvalue weighted by Gasteiger charge is -2.25. The molecule has 1 aromatic rings. The predicted octanol–water partition coefficient (Wildman–Crippen LogP) is 1.61. The summed E-state index contributed by atoms with van der Waals surface area (Å²) in [5.74, 6) is -0.0683. The van der Waals surface area contributed by atoms with Crippen LogP contribution in [0.4, 0.5) is 5.69 Å². The minimum atomic E-state index is -0.643. The summed E-state index contributed by atoms with van der Waals surface area (Å²) in [6.45, 7) is 6.65. The van der Waals surface area contributed by atoms with E-state index in [0.717, 1.165) is 16.8 Å². The van der Waals surface area contributed by atoms with Crippen LogP contribution in [0.15, 0.2) is 18.2 Å². The Morgan fingerprint density at radius 3 is 2.83 bits per heavy atom. The highest BCUT2D eigenvalue weighted by Gasteiger charge is 2.44. The predicted molar refractivity (Wildman–Crippen MR) is 71.4 cm³/mol. The largest absolute Gasteiger partial charge is 0.379 e. The van der Waals surface area contributed by atoms with Crippen molar-refractivity contribution in [3.8, 4) is 0 Å². The van der Waals surface area contributed by atoms with E-state index in [0.29, 0.717) is 13.2 Å². The number of ether oxygens (including phenoxy) is 1. The zero-order chi connectivity index (χ0) is 13.3. The number of anilines is 1. The van der Waals surface area contributed by atoms with Gasteiger partial charge in [0.1, 0.15) is 0 Å². The van der Waals surface area contributed by atoms with Crippen molar-refractivity contribution in [3.63, 3.8) is 0 Å². The number of amides is 1. The van der Waals surface area contributed by atoms with Crippen LogP contribution < -0.4 is 11.1 Å². The third-order valence-electron chi connectivity index (χ3n) is 3.68. The van der Waals surface area contributed by atoms with Gasteiger partial charge in [-0.3, -0.25) is 4.79 Å². The summed E-state index contributed by atoms with van der Waals surface area (Å²) in [6, 6.07) is 5.75. The number of carbonyl (C=O) groups excluding carboxylic acids is 1. The van der Waals surface area contributed by atoms with Crippen molar-refractivity contribution in [3.05, 3.63) is 29.3 Å². The van der Waals surface area contributed by atoms with E-state index in [2.05, 4.69) is 5.32 Å². The molecule has 1 aromatic carbocycles. The van der Waals surface area contributed by atoms with Crippen molar-refractivity contribution >= 4 is 11.6 Å². The van der Waals surface area contributed by atoms with Gasteiger partial charge in [-0.05, 0) is 38.0 Å². The molecular weight excluding hydrogens is 228 g/mol. The smallest absolute Gasteiger partial charge is 0.234 e. The molecule has 1 heterocycles. The van der Waals surface area contributed by atoms with Crippen LogP contribution in [0.25, 0.3) is 0 Å². The second-order valence-corrected chi connectivity index (χ2v) is 5.31. The summed E-state index contributed by atoms with van der Waals surface area (Å²) in [5.41, 5.74) is 8.32. The summed E-state index contributed by atoms with van der Waals surface area (Å²) in [5, 5.41) is 2.96. The van der Waals surface area contributed by atoms with Crippen LogP contribution in [0.3, 0.4) is 0 Å². The maximum absolute atomic E-state index is 12.3. The lowest BCUT2D eigenvalue weighted by atomic mass is 9.84. The number of carbonyl (C=O) groups is 1. The van der Waals surface area contributed by atoms with Gasteiger partial charge in [0.15, 0.2) is 0 Å². The molecule has 0 aromatic heterocycles. The molecule has 2 unspecified atom stereocenters. The van der Waals surface area contributed by atoms with Crippen molar-refractivity contribution in [1.29, 1.82) is 0 Å². The Labute approximate surface area is 108 Å². The molecule has 0 aliphatic carbocycles. The Hall–Kier alpha value is -1.39. The topological polar surface area (TPSA) is 64.3 Å². The number of nitrogens with one attached hydrogen (secondary N) is 1. The average molecular weight is 248 g/mol. The van der Waals surface area contributed by atoms with E-state index in [9.17, 15) is 4.79 Å². The SMILES string of the molecule is Cc1ccc(C)c(NC(=O)C2(C)COCC2N)c1. The van der Waals surface area contributed by atoms with Gasteiger partial charge in [0, 0.05) is 11.7 Å². The summed E-state index contributed by atoms with van der Waals surface area (Å²) in [6.07, 6.45) is 0. The summed E-state index contributed by atoms with van der Waals surface area (Å²) in [7, 11) is 0. The van der Waals surface area contributed by atoms with Gasteiger partial charge >= 0.3 is 0 Å². The van der Waals surface area contributed by atoms with Gasteiger partial charge in [-0.2, -0.15) is 0 Å². The highest BCUT2D eigenvalue weighted by Crippen LogP contribution is 2.29. The second kappa shape index (κ2) is 4.71. The molecule has 98 valence electrons. The normalized spacial score (nSPS) is 27.2. The Kier molecular flexibility index (Phi) is 3.41. The molecule has 1 fully saturated rings. The molecule has 18 heavy (non-hydrogen) atoms. The first-order valence-electron chi connectivity index (χ1n) is 6.15. The van der Waals surface area contributed by atoms with Crippen molar-refractivity contribution in [2.24, 2.45) is 11.1 Å². The van der Waals surface area contributed by atoms with E-state index in [4.69, 9.17) is 10.5 Å². The van der Waals surface area contributed by atoms with Crippen LogP contribution in [0.5, 0.6) is 0 Å². The van der Waals surface area contributed by atoms with Crippen LogP contribution in [-0.4, -0.2) is 25.2 Å². The first kappa shape index (κ1) is 13.1. The van der Waals surface area contributed by atoms with Gasteiger partial charge in [0.2, 0.25) is 5.91 Å². The number of rotatable bonds is 2. The van der Waals surface area contributed by atoms with Gasteiger partial charge in [0.05, 0.1) is 18.6 Å². The molecule has 0 bridgehead atoms. The fourth-order valence-electron chi connectivity index (χ4n) is 2.06. The summed E-state index contributed by atoms with van der Waals surface area (Å²) >= 11 is 0. The van der Waals surface area contributed by atoms with Crippen LogP contribution in [-0.2, 0) is 9.53 Å². The van der Waals surface area contributed by atoms with E-state index in [1.165, 1.54) is 0 Å². The van der Waals surface area contributed by atoms with Gasteiger partial charge in [0.25, 0.3) is 0 Å². The van der Waals surface area contributed by atoms with Gasteiger partial charge < -0.3 is 15.8 Å². The fraction of sp³-hybridized carbons (Fsp3) is 0.500. The Bertz CT molecular complexity index is 473. The summed E-state index contributed by atoms with van der Waals surface area (Å²) < 4.78 is 5.30. The van der Waals surface area contributed by atoms with Crippen LogP contribution in [0, 0.1) is 19.3 Å². The number of nitrogens with two attached hydrogens (primary N) is 1. The number of benzene rings is 1. The van der Waals surface area contributed by atoms with Gasteiger partial charge in [-0.1, -0.05) is 12.1 Å². The van der Waals surface area contributed by atoms with Gasteiger partial charge in [-0.15, -0.1) is 0 Å². The van der Waals surface area contributed by atoms with Crippen molar-refractivity contribution in [2.75, 3.05) is 18.5 Å². The zero-order valence-electron chi connectivity index (χ0n) is 11.1. The van der Waals surface area contributed by atoms with Crippen molar-refractivity contribution < 1.29 is 9.53 Å². The van der Waals surface area contributed by atoms with Gasteiger partial charge in [-0.25, -0.2) is 0 Å². The summed E-state index contributed by atoms with van der Waals surface area (Å²) in [4.78, 5) is 12.3. The molecule has 4 nitrogen and oxygen atoms in total. The van der Waals surface area contributed by atoms with E-state index < -0.39 is 5.41 Å². The highest BCUT2D eigenvalue weighted by molar-refractivity contribution is 5.96. The number of aryl methyl sites for hydroxylation is 2. The molecule has 1 aliphatic heterocycles. The molecule has 1 saturated heterocycles. The van der Waals surface area contributed by atoms with E-state index in [1.807, 2.05) is 39.0 Å². The molecule has 0 spiro atoms. The van der Waals surface area contributed by atoms with E-state index in [-0.39, 0.29) is 11.9 Å². The Morgan fingerprint density at radius 1 is 1.50 bits per heavy atom. The van der Waals surface area contributed by atoms with Crippen LogP contribution >= 0.6 is 0 Å². The Morgan fingerprint density at radius 2 is 2.22 bits per heavy atom. The molecular formula is C14H20N2O2. The molecule has 4 heteroatoms. The van der Waals surface area contributed by atoms with E-state index >= 15 is 0 Å². The molecule has 1 amide bonds. The highest BCUT2D eigenvalue weighted by atomic mass is 16.5. The van der Waals surface area contributed by atoms with Crippen molar-refractivity contribution in [2.45, 2.75) is 26.8 Å². The monoisotopic (exact) mass is 248 g/mol. The van der Waals surface area contributed by atoms with Crippen LogP contribution in [0.2, 0.25) is 0 Å². The quantitative estimate of drug-likeness (QED) is 0.835. The van der Waals surface area contributed by atoms with Crippen molar-refractivity contribution in [1.82, 2.24) is 0 Å². The second-order valence-electron chi connectivity index (χ2n) is 5.31. The lowest BCUT2D eigenvalue weighted by molar-refractivity contribution is -0.125. The maximum Gasteiger partial charge on any atom is 0.234 e. The average Bonchev–Trinajstić information content (AvgIpc) is 2.66. The standard InChI is InChI=1S/C14H20N2O2/c1-9-4-5-10(2)11(6-9)16-13(17)14(3)8-18-7-12(14)15/h4-6,12H,7-8,15H2,1-3H3,(H,16,17). The molecule has 2 rings (SSSR count). The minimum absolute atomic E-state index is 0.0683. The molecule has 0 saturated carbocycles. The molecule has 0 radical (unpaired) electrons. The first-order valence-corrected chi connectivity index (χ1v) is 6.15. The molecule has 2 atom stereocenters. The first-order chi connectivity index (χ1) is 8.43. The number of hydrogen-bond donors (Lipinski definition) is 2. The van der Waals surface area contributed by atoms with Crippen LogP contribution in [0.1, 0.15) is 18.1 Å². The molecule has 3 N–H and O–H groups in total. The Balaban J connectivity index is 2.19. The third-order valence-corrected chi connectivity index (χ3v) is 3.68. The fourth-order valence-corrected chi connectivity index (χ4v) is 2.06.